The number of hydrogen-bond acceptors (Lipinski definition) is 6. The summed E-state index contributed by atoms with van der Waals surface area (Å²) in [7, 11) is 0. The van der Waals surface area contributed by atoms with Gasteiger partial charge in [-0.2, -0.15) is 0 Å². The Labute approximate surface area is 215 Å². The molecule has 0 saturated heterocycles. The zero-order valence-electron chi connectivity index (χ0n) is 21.0. The van der Waals surface area contributed by atoms with E-state index < -0.39 is 0 Å². The highest BCUT2D eigenvalue weighted by atomic mass is 16.2. The molecule has 2 aromatic carbocycles. The first kappa shape index (κ1) is 24.5. The van der Waals surface area contributed by atoms with Gasteiger partial charge in [0, 0.05) is 18.4 Å². The summed E-state index contributed by atoms with van der Waals surface area (Å²) < 4.78 is 2.70. The highest BCUT2D eigenvalue weighted by Crippen LogP contribution is 2.30. The zero-order chi connectivity index (χ0) is 25.6. The van der Waals surface area contributed by atoms with Crippen LogP contribution in [-0.2, 0) is 13.0 Å². The third kappa shape index (κ3) is 5.50. The Morgan fingerprint density at radius 2 is 1.81 bits per heavy atom. The second-order valence-corrected chi connectivity index (χ2v) is 9.56. The molecule has 4 aromatic rings. The number of benzene rings is 2. The monoisotopic (exact) mass is 497 g/mol. The van der Waals surface area contributed by atoms with E-state index in [1.165, 1.54) is 6.42 Å². The first-order valence-electron chi connectivity index (χ1n) is 12.9. The van der Waals surface area contributed by atoms with Crippen LogP contribution in [-0.4, -0.2) is 40.9 Å². The fraction of sp³-hybridized carbons (Fsp3) is 0.357. The van der Waals surface area contributed by atoms with Crippen molar-refractivity contribution in [2.45, 2.75) is 58.4 Å². The normalized spacial score (nSPS) is 14.4. The molecule has 2 aromatic heterocycles. The average Bonchev–Trinajstić information content (AvgIpc) is 3.57. The summed E-state index contributed by atoms with van der Waals surface area (Å²) in [4.78, 5) is 26.3. The summed E-state index contributed by atoms with van der Waals surface area (Å²) >= 11 is 0. The summed E-state index contributed by atoms with van der Waals surface area (Å²) in [5.41, 5.74) is 3.50. The van der Waals surface area contributed by atoms with Gasteiger partial charge in [0.2, 0.25) is 0 Å². The molecule has 0 unspecified atom stereocenters. The quantitative estimate of drug-likeness (QED) is 0.354. The van der Waals surface area contributed by atoms with Crippen LogP contribution in [0.15, 0.2) is 65.5 Å². The number of nitrogens with zero attached hydrogens (tertiary/aromatic N) is 6. The summed E-state index contributed by atoms with van der Waals surface area (Å²) in [5.74, 6) is 1.34. The van der Waals surface area contributed by atoms with E-state index >= 15 is 0 Å². The lowest BCUT2D eigenvalue weighted by molar-refractivity contribution is 0.0846. The minimum absolute atomic E-state index is 0.203. The zero-order valence-corrected chi connectivity index (χ0v) is 21.0. The van der Waals surface area contributed by atoms with Gasteiger partial charge >= 0.3 is 5.69 Å². The van der Waals surface area contributed by atoms with Gasteiger partial charge in [-0.25, -0.2) is 9.89 Å². The van der Waals surface area contributed by atoms with Crippen molar-refractivity contribution >= 4 is 5.91 Å². The number of hydrogen-bond donors (Lipinski definition) is 1. The number of H-pyrrole nitrogens is 1. The number of aromatic nitrogens is 7. The molecule has 1 aliphatic rings. The Hall–Kier alpha value is -4.14. The lowest BCUT2D eigenvalue weighted by atomic mass is 9.87. The molecule has 1 aliphatic carbocycles. The molecule has 1 N–H and O–H groups in total. The van der Waals surface area contributed by atoms with Gasteiger partial charge < -0.3 is 0 Å². The standard InChI is InChI=1S/C28H31N7O2/c1-2-3-13-25-31-35(26(36)18-20-9-5-4-6-10-20)28(37)34(25)19-21-14-16-22(17-15-21)23-11-7-8-12-24(23)27-29-32-33-30-27/h2-3,7-8,11-12,14-17,20H,4-6,9-10,13,18-19H2,1H3,(H,29,30,32,33)/b3-2+. The summed E-state index contributed by atoms with van der Waals surface area (Å²) in [6, 6.07) is 16.0. The molecule has 0 radical (unpaired) electrons. The van der Waals surface area contributed by atoms with Crippen molar-refractivity contribution in [3.05, 3.63) is 82.6 Å². The number of tetrazole rings is 1. The van der Waals surface area contributed by atoms with Gasteiger partial charge in [0.25, 0.3) is 5.91 Å². The van der Waals surface area contributed by atoms with Gasteiger partial charge in [0.05, 0.1) is 6.54 Å². The fourth-order valence-electron chi connectivity index (χ4n) is 5.04. The molecule has 1 saturated carbocycles. The fourth-order valence-corrected chi connectivity index (χ4v) is 5.04. The molecule has 2 heterocycles. The number of nitrogens with one attached hydrogen (secondary N) is 1. The lowest BCUT2D eigenvalue weighted by Crippen LogP contribution is -2.31. The van der Waals surface area contributed by atoms with E-state index in [1.807, 2.05) is 67.6 Å². The predicted molar refractivity (Wildman–Crippen MR) is 141 cm³/mol. The van der Waals surface area contributed by atoms with Crippen molar-refractivity contribution in [1.29, 1.82) is 0 Å². The highest BCUT2D eigenvalue weighted by molar-refractivity contribution is 5.80. The van der Waals surface area contributed by atoms with Gasteiger partial charge in [-0.05, 0) is 52.8 Å². The second-order valence-electron chi connectivity index (χ2n) is 9.56. The average molecular weight is 498 g/mol. The summed E-state index contributed by atoms with van der Waals surface area (Å²) in [6.07, 6.45) is 10.4. The third-order valence-corrected chi connectivity index (χ3v) is 7.03. The molecule has 0 amide bonds. The highest BCUT2D eigenvalue weighted by Gasteiger charge is 2.22. The molecule has 1 fully saturated rings. The smallest absolute Gasteiger partial charge is 0.274 e. The van der Waals surface area contributed by atoms with Crippen LogP contribution < -0.4 is 5.69 Å². The number of aromatic amines is 1. The summed E-state index contributed by atoms with van der Waals surface area (Å²) in [5, 5.41) is 18.7. The van der Waals surface area contributed by atoms with Gasteiger partial charge in [-0.15, -0.1) is 14.9 Å². The molecule has 5 rings (SSSR count). The van der Waals surface area contributed by atoms with Gasteiger partial charge in [0.15, 0.2) is 5.82 Å². The number of rotatable bonds is 8. The van der Waals surface area contributed by atoms with Gasteiger partial charge in [0.1, 0.15) is 5.82 Å². The Bertz CT molecular complexity index is 1430. The SMILES string of the molecule is C/C=C/Cc1nn(C(=O)CC2CCCCC2)c(=O)n1Cc1ccc(-c2ccccc2-c2nnn[nH]2)cc1. The first-order valence-corrected chi connectivity index (χ1v) is 12.9. The van der Waals surface area contributed by atoms with Crippen molar-refractivity contribution in [2.24, 2.45) is 5.92 Å². The topological polar surface area (TPSA) is 111 Å². The van der Waals surface area contributed by atoms with Crippen molar-refractivity contribution in [1.82, 2.24) is 35.0 Å². The van der Waals surface area contributed by atoms with Crippen LogP contribution in [0.3, 0.4) is 0 Å². The number of carbonyl (C=O) groups excluding carboxylic acids is 1. The van der Waals surface area contributed by atoms with Crippen molar-refractivity contribution in [2.75, 3.05) is 0 Å². The Kier molecular flexibility index (Phi) is 7.49. The lowest BCUT2D eigenvalue weighted by Gasteiger charge is -2.20. The molecule has 9 nitrogen and oxygen atoms in total. The maximum Gasteiger partial charge on any atom is 0.353 e. The minimum Gasteiger partial charge on any atom is -0.274 e. The van der Waals surface area contributed by atoms with Crippen LogP contribution in [0, 0.1) is 5.92 Å². The van der Waals surface area contributed by atoms with E-state index in [1.54, 1.807) is 4.57 Å². The Morgan fingerprint density at radius 1 is 1.05 bits per heavy atom. The molecule has 0 atom stereocenters. The van der Waals surface area contributed by atoms with Crippen molar-refractivity contribution in [3.63, 3.8) is 0 Å². The molecule has 190 valence electrons. The second kappa shape index (κ2) is 11.3. The predicted octanol–water partition coefficient (Wildman–Crippen LogP) is 4.67. The summed E-state index contributed by atoms with van der Waals surface area (Å²) in [6.45, 7) is 2.27. The number of carbonyl (C=O) groups is 1. The molecular formula is C28H31N7O2. The van der Waals surface area contributed by atoms with E-state index in [0.717, 1.165) is 52.6 Å². The van der Waals surface area contributed by atoms with Crippen LogP contribution in [0.5, 0.6) is 0 Å². The Morgan fingerprint density at radius 3 is 2.51 bits per heavy atom. The van der Waals surface area contributed by atoms with E-state index in [2.05, 4.69) is 25.7 Å². The van der Waals surface area contributed by atoms with E-state index in [9.17, 15) is 9.59 Å². The molecule has 0 spiro atoms. The molecule has 9 heteroatoms. The van der Waals surface area contributed by atoms with Crippen LogP contribution in [0.25, 0.3) is 22.5 Å². The van der Waals surface area contributed by atoms with Crippen LogP contribution in [0.1, 0.15) is 61.6 Å². The van der Waals surface area contributed by atoms with Crippen molar-refractivity contribution < 1.29 is 4.79 Å². The van der Waals surface area contributed by atoms with Crippen LogP contribution in [0.2, 0.25) is 0 Å². The molecular weight excluding hydrogens is 466 g/mol. The maximum absolute atomic E-state index is 13.3. The Balaban J connectivity index is 1.39. The van der Waals surface area contributed by atoms with Crippen LogP contribution >= 0.6 is 0 Å². The van der Waals surface area contributed by atoms with E-state index in [-0.39, 0.29) is 11.6 Å². The van der Waals surface area contributed by atoms with E-state index in [0.29, 0.717) is 37.0 Å². The van der Waals surface area contributed by atoms with Crippen molar-refractivity contribution in [3.8, 4) is 22.5 Å². The maximum atomic E-state index is 13.3. The first-order chi connectivity index (χ1) is 18.1. The van der Waals surface area contributed by atoms with E-state index in [4.69, 9.17) is 0 Å². The number of allylic oxidation sites excluding steroid dienone is 2. The largest absolute Gasteiger partial charge is 0.353 e. The van der Waals surface area contributed by atoms with Crippen LogP contribution in [0.4, 0.5) is 0 Å². The van der Waals surface area contributed by atoms with Gasteiger partial charge in [-0.1, -0.05) is 79.9 Å². The van der Waals surface area contributed by atoms with Gasteiger partial charge in [-0.3, -0.25) is 9.36 Å². The molecule has 37 heavy (non-hydrogen) atoms. The molecule has 0 aliphatic heterocycles. The minimum atomic E-state index is -0.368. The molecule has 0 bridgehead atoms. The third-order valence-electron chi connectivity index (χ3n) is 7.03.